The number of thiol groups is 1. The highest BCUT2D eigenvalue weighted by atomic mass is 32.1. The highest BCUT2D eigenvalue weighted by molar-refractivity contribution is 7.80. The van der Waals surface area contributed by atoms with Gasteiger partial charge in [0.25, 0.3) is 0 Å². The van der Waals surface area contributed by atoms with Crippen LogP contribution in [-0.4, -0.2) is 17.3 Å². The van der Waals surface area contributed by atoms with Gasteiger partial charge in [0.1, 0.15) is 5.60 Å². The van der Waals surface area contributed by atoms with Crippen molar-refractivity contribution in [3.05, 3.63) is 0 Å². The van der Waals surface area contributed by atoms with E-state index in [1.54, 1.807) is 0 Å². The molecule has 4 bridgehead atoms. The first-order valence-corrected chi connectivity index (χ1v) is 8.58. The highest BCUT2D eigenvalue weighted by Crippen LogP contribution is 2.70. The Balaban J connectivity index is 1.54. The number of esters is 1. The monoisotopic (exact) mass is 280 g/mol. The molecule has 2 nitrogen and oxygen atoms in total. The van der Waals surface area contributed by atoms with Crippen LogP contribution in [0.1, 0.15) is 45.4 Å². The largest absolute Gasteiger partial charge is 0.459 e. The van der Waals surface area contributed by atoms with Crippen LogP contribution in [0, 0.1) is 35.5 Å². The third kappa shape index (κ3) is 1.66. The lowest BCUT2D eigenvalue weighted by Crippen LogP contribution is -2.45. The molecule has 7 atom stereocenters. The van der Waals surface area contributed by atoms with Gasteiger partial charge in [0.15, 0.2) is 0 Å². The molecule has 0 aromatic carbocycles. The van der Waals surface area contributed by atoms with Gasteiger partial charge in [0.05, 0.1) is 6.42 Å². The summed E-state index contributed by atoms with van der Waals surface area (Å²) in [5.41, 5.74) is -0.156. The van der Waals surface area contributed by atoms with E-state index in [1.165, 1.54) is 25.7 Å². The number of hydrogen-bond donors (Lipinski definition) is 1. The molecule has 0 radical (unpaired) electrons. The molecular weight excluding hydrogens is 256 g/mol. The van der Waals surface area contributed by atoms with Crippen LogP contribution in [0.3, 0.4) is 0 Å². The van der Waals surface area contributed by atoms with Gasteiger partial charge < -0.3 is 4.74 Å². The highest BCUT2D eigenvalue weighted by Gasteiger charge is 2.66. The molecule has 19 heavy (non-hydrogen) atoms. The van der Waals surface area contributed by atoms with Gasteiger partial charge in [-0.25, -0.2) is 0 Å². The minimum Gasteiger partial charge on any atom is -0.459 e. The molecule has 0 aromatic heterocycles. The smallest absolute Gasteiger partial charge is 0.307 e. The van der Waals surface area contributed by atoms with E-state index in [9.17, 15) is 4.79 Å². The van der Waals surface area contributed by atoms with Crippen molar-refractivity contribution in [1.29, 1.82) is 0 Å². The van der Waals surface area contributed by atoms with Gasteiger partial charge in [-0.1, -0.05) is 0 Å². The second kappa shape index (κ2) is 4.16. The standard InChI is InChI=1S/C16H24O2S/c1-16(18-13(17)4-5-19)8-11-7-12(16)15-10-3-2-9(6-10)14(11)15/h9-12,14-15,19H,2-8H2,1H3. The van der Waals surface area contributed by atoms with Crippen molar-refractivity contribution in [2.45, 2.75) is 51.0 Å². The number of ether oxygens (including phenoxy) is 1. The molecule has 0 N–H and O–H groups in total. The summed E-state index contributed by atoms with van der Waals surface area (Å²) in [7, 11) is 0. The van der Waals surface area contributed by atoms with Crippen molar-refractivity contribution in [3.63, 3.8) is 0 Å². The molecule has 0 amide bonds. The predicted octanol–water partition coefficient (Wildman–Crippen LogP) is 3.31. The zero-order valence-corrected chi connectivity index (χ0v) is 12.6. The fourth-order valence-corrected chi connectivity index (χ4v) is 6.57. The van der Waals surface area contributed by atoms with Gasteiger partial charge in [-0.05, 0) is 68.6 Å². The van der Waals surface area contributed by atoms with Gasteiger partial charge in [-0.15, -0.1) is 0 Å². The average Bonchev–Trinajstić information content (AvgIpc) is 3.03. The van der Waals surface area contributed by atoms with Crippen molar-refractivity contribution >= 4 is 18.6 Å². The van der Waals surface area contributed by atoms with E-state index in [2.05, 4.69) is 19.6 Å². The Morgan fingerprint density at radius 1 is 1.21 bits per heavy atom. The third-order valence-electron chi connectivity index (χ3n) is 6.73. The second-order valence-corrected chi connectivity index (χ2v) is 8.00. The maximum absolute atomic E-state index is 11.9. The minimum atomic E-state index is -0.156. The predicted molar refractivity (Wildman–Crippen MR) is 77.0 cm³/mol. The van der Waals surface area contributed by atoms with E-state index >= 15 is 0 Å². The van der Waals surface area contributed by atoms with Crippen LogP contribution in [0.2, 0.25) is 0 Å². The molecule has 4 rings (SSSR count). The van der Waals surface area contributed by atoms with Crippen molar-refractivity contribution in [2.75, 3.05) is 5.75 Å². The fourth-order valence-electron chi connectivity index (χ4n) is 6.38. The van der Waals surface area contributed by atoms with Crippen molar-refractivity contribution in [3.8, 4) is 0 Å². The molecule has 4 aliphatic rings. The Bertz CT molecular complexity index is 410. The Morgan fingerprint density at radius 2 is 1.95 bits per heavy atom. The van der Waals surface area contributed by atoms with Crippen LogP contribution in [0.25, 0.3) is 0 Å². The molecule has 0 spiro atoms. The second-order valence-electron chi connectivity index (χ2n) is 7.55. The Labute approximate surface area is 121 Å². The summed E-state index contributed by atoms with van der Waals surface area (Å²) in [6.07, 6.45) is 7.30. The number of fused-ring (bicyclic) bond motifs is 9. The normalized spacial score (nSPS) is 53.6. The van der Waals surface area contributed by atoms with Gasteiger partial charge >= 0.3 is 5.97 Å². The molecule has 106 valence electrons. The number of carbonyl (C=O) groups excluding carboxylic acids is 1. The lowest BCUT2D eigenvalue weighted by molar-refractivity contribution is -0.168. The van der Waals surface area contributed by atoms with Crippen molar-refractivity contribution in [1.82, 2.24) is 0 Å². The summed E-state index contributed by atoms with van der Waals surface area (Å²) in [6.45, 7) is 2.20. The van der Waals surface area contributed by atoms with Crippen LogP contribution in [0.5, 0.6) is 0 Å². The minimum absolute atomic E-state index is 0.0373. The zero-order valence-electron chi connectivity index (χ0n) is 11.7. The van der Waals surface area contributed by atoms with Crippen LogP contribution in [0.15, 0.2) is 0 Å². The van der Waals surface area contributed by atoms with Crippen molar-refractivity contribution < 1.29 is 9.53 Å². The lowest BCUT2D eigenvalue weighted by Gasteiger charge is -2.44. The summed E-state index contributed by atoms with van der Waals surface area (Å²) in [4.78, 5) is 11.9. The summed E-state index contributed by atoms with van der Waals surface area (Å²) in [6, 6.07) is 0. The SMILES string of the molecule is CC1(OC(=O)CCS)CC2CC1C1C3CCC(C3)C21. The van der Waals surface area contributed by atoms with Crippen LogP contribution in [-0.2, 0) is 9.53 Å². The molecule has 0 aromatic rings. The maximum atomic E-state index is 11.9. The maximum Gasteiger partial charge on any atom is 0.307 e. The van der Waals surface area contributed by atoms with E-state index < -0.39 is 0 Å². The Morgan fingerprint density at radius 3 is 2.68 bits per heavy atom. The van der Waals surface area contributed by atoms with Gasteiger partial charge in [0, 0.05) is 11.7 Å². The van der Waals surface area contributed by atoms with E-state index in [4.69, 9.17) is 4.74 Å². The van der Waals surface area contributed by atoms with E-state index in [0.717, 1.165) is 36.0 Å². The van der Waals surface area contributed by atoms with Crippen molar-refractivity contribution in [2.24, 2.45) is 35.5 Å². The van der Waals surface area contributed by atoms with Crippen LogP contribution in [0.4, 0.5) is 0 Å². The summed E-state index contributed by atoms with van der Waals surface area (Å²) in [5, 5.41) is 0. The van der Waals surface area contributed by atoms with Crippen LogP contribution < -0.4 is 0 Å². The molecular formula is C16H24O2S. The van der Waals surface area contributed by atoms with Crippen LogP contribution >= 0.6 is 12.6 Å². The molecule has 3 heteroatoms. The molecule has 7 unspecified atom stereocenters. The van der Waals surface area contributed by atoms with Gasteiger partial charge in [-0.3, -0.25) is 4.79 Å². The molecule has 0 heterocycles. The first-order chi connectivity index (χ1) is 9.12. The van der Waals surface area contributed by atoms with E-state index in [1.807, 2.05) is 0 Å². The van der Waals surface area contributed by atoms with Gasteiger partial charge in [-0.2, -0.15) is 12.6 Å². The number of rotatable bonds is 3. The Hall–Kier alpha value is -0.180. The van der Waals surface area contributed by atoms with E-state index in [0.29, 0.717) is 18.1 Å². The molecule has 4 saturated carbocycles. The molecule has 0 aliphatic heterocycles. The molecule has 0 saturated heterocycles. The third-order valence-corrected chi connectivity index (χ3v) is 6.95. The Kier molecular flexibility index (Phi) is 2.75. The fraction of sp³-hybridized carbons (Fsp3) is 0.938. The first kappa shape index (κ1) is 12.6. The van der Waals surface area contributed by atoms with Gasteiger partial charge in [0.2, 0.25) is 0 Å². The summed E-state index contributed by atoms with van der Waals surface area (Å²) < 4.78 is 5.90. The summed E-state index contributed by atoms with van der Waals surface area (Å²) >= 11 is 4.13. The average molecular weight is 280 g/mol. The molecule has 4 fully saturated rings. The quantitative estimate of drug-likeness (QED) is 0.488. The topological polar surface area (TPSA) is 26.3 Å². The lowest BCUT2D eigenvalue weighted by atomic mass is 9.66. The first-order valence-electron chi connectivity index (χ1n) is 7.95. The van der Waals surface area contributed by atoms with E-state index in [-0.39, 0.29) is 11.6 Å². The number of carbonyl (C=O) groups is 1. The molecule has 4 aliphatic carbocycles. The summed E-state index contributed by atoms with van der Waals surface area (Å²) in [5.74, 6) is 5.90. The number of hydrogen-bond acceptors (Lipinski definition) is 3. The zero-order chi connectivity index (χ0) is 13.2.